The van der Waals surface area contributed by atoms with Gasteiger partial charge >= 0.3 is 0 Å². The maximum absolute atomic E-state index is 5.74. The van der Waals surface area contributed by atoms with Gasteiger partial charge in [-0.25, -0.2) is 9.97 Å². The third kappa shape index (κ3) is 1.78. The molecule has 2 N–H and O–H groups in total. The van der Waals surface area contributed by atoms with Crippen LogP contribution in [0.3, 0.4) is 0 Å². The molecule has 0 saturated carbocycles. The second-order valence-electron chi connectivity index (χ2n) is 3.46. The number of hydrogen-bond acceptors (Lipinski definition) is 5. The summed E-state index contributed by atoms with van der Waals surface area (Å²) in [7, 11) is 0. The second-order valence-corrected chi connectivity index (χ2v) is 3.46. The van der Waals surface area contributed by atoms with E-state index in [1.807, 2.05) is 6.07 Å². The standard InChI is InChI=1S/C12H9N3O2/c13-11-7-8(9-3-1-5-16-9)14-12(15-11)10-4-2-6-17-10/h1-7H,(H2,13,14,15). The van der Waals surface area contributed by atoms with Crippen molar-refractivity contribution in [2.45, 2.75) is 0 Å². The third-order valence-electron chi connectivity index (χ3n) is 2.26. The molecule has 5 heteroatoms. The number of nitrogen functional groups attached to an aromatic ring is 1. The molecule has 84 valence electrons. The summed E-state index contributed by atoms with van der Waals surface area (Å²) in [5, 5.41) is 0. The van der Waals surface area contributed by atoms with Crippen LogP contribution < -0.4 is 5.73 Å². The monoisotopic (exact) mass is 227 g/mol. The molecule has 0 aliphatic carbocycles. The first-order valence-corrected chi connectivity index (χ1v) is 5.05. The minimum Gasteiger partial charge on any atom is -0.463 e. The first-order valence-electron chi connectivity index (χ1n) is 5.05. The molecule has 0 saturated heterocycles. The summed E-state index contributed by atoms with van der Waals surface area (Å²) in [6, 6.07) is 8.81. The van der Waals surface area contributed by atoms with E-state index in [0.29, 0.717) is 28.9 Å². The average molecular weight is 227 g/mol. The van der Waals surface area contributed by atoms with Gasteiger partial charge in [0.1, 0.15) is 11.5 Å². The van der Waals surface area contributed by atoms with E-state index in [2.05, 4.69) is 9.97 Å². The van der Waals surface area contributed by atoms with Crippen molar-refractivity contribution in [1.29, 1.82) is 0 Å². The van der Waals surface area contributed by atoms with Gasteiger partial charge in [-0.3, -0.25) is 0 Å². The molecule has 0 aliphatic rings. The first kappa shape index (κ1) is 9.65. The van der Waals surface area contributed by atoms with E-state index >= 15 is 0 Å². The molecule has 5 nitrogen and oxygen atoms in total. The summed E-state index contributed by atoms with van der Waals surface area (Å²) in [4.78, 5) is 8.46. The van der Waals surface area contributed by atoms with Crippen LogP contribution in [0.4, 0.5) is 5.82 Å². The highest BCUT2D eigenvalue weighted by Gasteiger charge is 2.10. The predicted molar refractivity (Wildman–Crippen MR) is 61.8 cm³/mol. The Balaban J connectivity index is 2.13. The quantitative estimate of drug-likeness (QED) is 0.727. The van der Waals surface area contributed by atoms with E-state index in [1.165, 1.54) is 0 Å². The van der Waals surface area contributed by atoms with Gasteiger partial charge in [-0.1, -0.05) is 0 Å². The Hall–Kier alpha value is -2.56. The number of aromatic nitrogens is 2. The van der Waals surface area contributed by atoms with Gasteiger partial charge in [-0.05, 0) is 24.3 Å². The fraction of sp³-hybridized carbons (Fsp3) is 0. The smallest absolute Gasteiger partial charge is 0.198 e. The highest BCUT2D eigenvalue weighted by atomic mass is 16.3. The Morgan fingerprint density at radius 3 is 2.29 bits per heavy atom. The average Bonchev–Trinajstić information content (AvgIpc) is 3.02. The highest BCUT2D eigenvalue weighted by molar-refractivity contribution is 5.61. The summed E-state index contributed by atoms with van der Waals surface area (Å²) < 4.78 is 10.5. The molecular weight excluding hydrogens is 218 g/mol. The number of nitrogens with two attached hydrogens (primary N) is 1. The zero-order valence-electron chi connectivity index (χ0n) is 8.83. The number of nitrogens with zero attached hydrogens (tertiary/aromatic N) is 2. The van der Waals surface area contributed by atoms with Gasteiger partial charge in [0, 0.05) is 6.07 Å². The first-order chi connectivity index (χ1) is 8.33. The van der Waals surface area contributed by atoms with Crippen molar-refractivity contribution in [2.24, 2.45) is 0 Å². The Kier molecular flexibility index (Phi) is 2.15. The van der Waals surface area contributed by atoms with Crippen LogP contribution in [0.5, 0.6) is 0 Å². The fourth-order valence-electron chi connectivity index (χ4n) is 1.53. The molecule has 3 rings (SSSR count). The maximum atomic E-state index is 5.74. The highest BCUT2D eigenvalue weighted by Crippen LogP contribution is 2.23. The van der Waals surface area contributed by atoms with Gasteiger partial charge < -0.3 is 14.6 Å². The molecule has 0 atom stereocenters. The van der Waals surface area contributed by atoms with Crippen LogP contribution in [-0.4, -0.2) is 9.97 Å². The van der Waals surface area contributed by atoms with Gasteiger partial charge in [-0.15, -0.1) is 0 Å². The molecule has 0 amide bonds. The van der Waals surface area contributed by atoms with Crippen LogP contribution in [-0.2, 0) is 0 Å². The van der Waals surface area contributed by atoms with E-state index in [1.54, 1.807) is 36.8 Å². The minimum atomic E-state index is 0.373. The van der Waals surface area contributed by atoms with Crippen LogP contribution in [0.25, 0.3) is 23.0 Å². The van der Waals surface area contributed by atoms with Crippen molar-refractivity contribution in [3.8, 4) is 23.0 Å². The van der Waals surface area contributed by atoms with Crippen LogP contribution in [0, 0.1) is 0 Å². The molecule has 3 heterocycles. The molecule has 0 radical (unpaired) electrons. The summed E-state index contributed by atoms with van der Waals surface area (Å²) in [5.41, 5.74) is 6.37. The van der Waals surface area contributed by atoms with E-state index in [4.69, 9.17) is 14.6 Å². The largest absolute Gasteiger partial charge is 0.463 e. The normalized spacial score (nSPS) is 10.6. The number of rotatable bonds is 2. The van der Waals surface area contributed by atoms with Crippen LogP contribution in [0.1, 0.15) is 0 Å². The molecule has 0 unspecified atom stereocenters. The summed E-state index contributed by atoms with van der Waals surface area (Å²) in [6.45, 7) is 0. The van der Waals surface area contributed by atoms with Crippen LogP contribution in [0.15, 0.2) is 51.7 Å². The Morgan fingerprint density at radius 2 is 1.65 bits per heavy atom. The zero-order valence-corrected chi connectivity index (χ0v) is 8.83. The van der Waals surface area contributed by atoms with Crippen molar-refractivity contribution in [3.05, 3.63) is 42.9 Å². The van der Waals surface area contributed by atoms with Gasteiger partial charge in [-0.2, -0.15) is 0 Å². The lowest BCUT2D eigenvalue weighted by Gasteiger charge is -2.01. The Bertz CT molecular complexity index is 563. The lowest BCUT2D eigenvalue weighted by Crippen LogP contribution is -1.96. The van der Waals surface area contributed by atoms with Crippen LogP contribution in [0.2, 0.25) is 0 Å². The Morgan fingerprint density at radius 1 is 0.941 bits per heavy atom. The minimum absolute atomic E-state index is 0.373. The summed E-state index contributed by atoms with van der Waals surface area (Å²) >= 11 is 0. The van der Waals surface area contributed by atoms with Crippen molar-refractivity contribution in [1.82, 2.24) is 9.97 Å². The maximum Gasteiger partial charge on any atom is 0.198 e. The van der Waals surface area contributed by atoms with Gasteiger partial charge in [0.15, 0.2) is 17.3 Å². The van der Waals surface area contributed by atoms with Gasteiger partial charge in [0.25, 0.3) is 0 Å². The summed E-state index contributed by atoms with van der Waals surface area (Å²) in [6.07, 6.45) is 3.15. The SMILES string of the molecule is Nc1cc(-c2ccco2)nc(-c2ccco2)n1. The van der Waals surface area contributed by atoms with E-state index in [-0.39, 0.29) is 0 Å². The molecule has 3 aromatic rings. The van der Waals surface area contributed by atoms with Gasteiger partial charge in [0.2, 0.25) is 0 Å². The third-order valence-corrected chi connectivity index (χ3v) is 2.26. The van der Waals surface area contributed by atoms with E-state index in [0.717, 1.165) is 0 Å². The predicted octanol–water partition coefficient (Wildman–Crippen LogP) is 2.58. The molecule has 3 aromatic heterocycles. The van der Waals surface area contributed by atoms with Crippen molar-refractivity contribution >= 4 is 5.82 Å². The van der Waals surface area contributed by atoms with Crippen LogP contribution >= 0.6 is 0 Å². The Labute approximate surface area is 96.9 Å². The van der Waals surface area contributed by atoms with E-state index in [9.17, 15) is 0 Å². The molecule has 0 aromatic carbocycles. The molecule has 0 fully saturated rings. The molecule has 17 heavy (non-hydrogen) atoms. The number of hydrogen-bond donors (Lipinski definition) is 1. The second kappa shape index (κ2) is 3.79. The topological polar surface area (TPSA) is 78.1 Å². The summed E-state index contributed by atoms with van der Waals surface area (Å²) in [5.74, 6) is 2.04. The lowest BCUT2D eigenvalue weighted by atomic mass is 10.3. The van der Waals surface area contributed by atoms with E-state index < -0.39 is 0 Å². The lowest BCUT2D eigenvalue weighted by molar-refractivity contribution is 0.573. The number of furan rings is 2. The zero-order chi connectivity index (χ0) is 11.7. The number of anilines is 1. The molecule has 0 spiro atoms. The molecule has 0 bridgehead atoms. The molecular formula is C12H9N3O2. The molecule has 0 aliphatic heterocycles. The van der Waals surface area contributed by atoms with Crippen molar-refractivity contribution in [2.75, 3.05) is 5.73 Å². The van der Waals surface area contributed by atoms with Gasteiger partial charge in [0.05, 0.1) is 12.5 Å². The van der Waals surface area contributed by atoms with Crippen molar-refractivity contribution in [3.63, 3.8) is 0 Å². The fourth-order valence-corrected chi connectivity index (χ4v) is 1.53. The van der Waals surface area contributed by atoms with Crippen molar-refractivity contribution < 1.29 is 8.83 Å².